The normalized spacial score (nSPS) is 16.7. The average Bonchev–Trinajstić information content (AvgIpc) is 3.45. The van der Waals surface area contributed by atoms with Crippen molar-refractivity contribution >= 4 is 27.5 Å². The number of aliphatic hydroxyl groups is 1. The minimum atomic E-state index is -1.16. The van der Waals surface area contributed by atoms with Gasteiger partial charge in [0.1, 0.15) is 21.9 Å². The third kappa shape index (κ3) is 3.65. The van der Waals surface area contributed by atoms with Gasteiger partial charge in [0.25, 0.3) is 11.5 Å². The molecule has 168 valence electrons. The second-order valence-electron chi connectivity index (χ2n) is 8.41. The second kappa shape index (κ2) is 7.90. The van der Waals surface area contributed by atoms with Crippen molar-refractivity contribution in [3.8, 4) is 11.5 Å². The first-order valence-electron chi connectivity index (χ1n) is 10.7. The van der Waals surface area contributed by atoms with E-state index in [1.54, 1.807) is 30.0 Å². The van der Waals surface area contributed by atoms with E-state index < -0.39 is 5.60 Å². The van der Waals surface area contributed by atoms with E-state index in [1.807, 2.05) is 18.2 Å². The summed E-state index contributed by atoms with van der Waals surface area (Å²) in [6, 6.07) is 5.69. The summed E-state index contributed by atoms with van der Waals surface area (Å²) in [6.45, 7) is 1.43. The molecule has 5 rings (SSSR count). The van der Waals surface area contributed by atoms with Crippen LogP contribution in [0.4, 0.5) is 0 Å². The van der Waals surface area contributed by atoms with Crippen molar-refractivity contribution in [2.75, 3.05) is 20.8 Å². The largest absolute Gasteiger partial charge is 0.497 e. The van der Waals surface area contributed by atoms with Gasteiger partial charge in [-0.3, -0.25) is 14.2 Å². The van der Waals surface area contributed by atoms with Gasteiger partial charge in [0, 0.05) is 24.0 Å². The molecule has 1 fully saturated rings. The molecule has 1 amide bonds. The number of hydrogen-bond donors (Lipinski definition) is 1. The highest BCUT2D eigenvalue weighted by molar-refractivity contribution is 7.18. The lowest BCUT2D eigenvalue weighted by molar-refractivity contribution is -0.143. The molecule has 0 spiro atoms. The Morgan fingerprint density at radius 3 is 2.59 bits per heavy atom. The summed E-state index contributed by atoms with van der Waals surface area (Å²) < 4.78 is 12.3. The third-order valence-electron chi connectivity index (χ3n) is 6.29. The van der Waals surface area contributed by atoms with Crippen LogP contribution in [0, 0.1) is 0 Å². The van der Waals surface area contributed by atoms with Crippen LogP contribution in [0.5, 0.6) is 11.5 Å². The molecule has 0 atom stereocenters. The molecule has 32 heavy (non-hydrogen) atoms. The number of aryl methyl sites for hydroxylation is 2. The molecule has 8 nitrogen and oxygen atoms in total. The van der Waals surface area contributed by atoms with Gasteiger partial charge in [0.15, 0.2) is 0 Å². The van der Waals surface area contributed by atoms with E-state index in [-0.39, 0.29) is 11.5 Å². The Morgan fingerprint density at radius 2 is 1.94 bits per heavy atom. The molecule has 9 heteroatoms. The Kier molecular flexibility index (Phi) is 5.17. The highest BCUT2D eigenvalue weighted by Crippen LogP contribution is 2.39. The number of methoxy groups -OCH3 is 2. The summed E-state index contributed by atoms with van der Waals surface area (Å²) in [7, 11) is 3.22. The quantitative estimate of drug-likeness (QED) is 0.612. The third-order valence-corrected chi connectivity index (χ3v) is 7.41. The molecule has 3 heterocycles. The molecule has 1 N–H and O–H groups in total. The van der Waals surface area contributed by atoms with Crippen molar-refractivity contribution in [1.82, 2.24) is 14.5 Å². The summed E-state index contributed by atoms with van der Waals surface area (Å²) in [5.41, 5.74) is 0.782. The molecule has 1 aliphatic heterocycles. The van der Waals surface area contributed by atoms with Crippen LogP contribution in [0.15, 0.2) is 29.3 Å². The predicted octanol–water partition coefficient (Wildman–Crippen LogP) is 2.13. The van der Waals surface area contributed by atoms with Gasteiger partial charge in [-0.25, -0.2) is 4.98 Å². The fourth-order valence-corrected chi connectivity index (χ4v) is 5.43. The first kappa shape index (κ1) is 21.0. The molecular weight excluding hydrogens is 430 g/mol. The highest BCUT2D eigenvalue weighted by atomic mass is 32.1. The van der Waals surface area contributed by atoms with Gasteiger partial charge in [-0.15, -0.1) is 11.3 Å². The Labute approximate surface area is 189 Å². The number of fused-ring (bicyclic) bond motifs is 3. The summed E-state index contributed by atoms with van der Waals surface area (Å²) in [5.74, 6) is 1.23. The fourth-order valence-electron chi connectivity index (χ4n) is 4.24. The van der Waals surface area contributed by atoms with Crippen molar-refractivity contribution in [2.45, 2.75) is 44.4 Å². The van der Waals surface area contributed by atoms with Crippen LogP contribution in [0.25, 0.3) is 10.2 Å². The SMILES string of the molecule is COc1cc(CCn2cnc3sc4c(c3c2=O)CCN(C(=O)C2(O)CC2)C4)cc(OC)c1. The Morgan fingerprint density at radius 1 is 1.22 bits per heavy atom. The second-order valence-corrected chi connectivity index (χ2v) is 9.49. The molecule has 1 aliphatic carbocycles. The number of hydrogen-bond acceptors (Lipinski definition) is 7. The molecular formula is C23H25N3O5S. The monoisotopic (exact) mass is 455 g/mol. The van der Waals surface area contributed by atoms with Crippen molar-refractivity contribution < 1.29 is 19.4 Å². The lowest BCUT2D eigenvalue weighted by atomic mass is 10.0. The number of ether oxygens (including phenoxy) is 2. The molecule has 0 saturated heterocycles. The zero-order valence-corrected chi connectivity index (χ0v) is 18.9. The smallest absolute Gasteiger partial charge is 0.262 e. The summed E-state index contributed by atoms with van der Waals surface area (Å²) in [6.07, 6.45) is 3.90. The molecule has 0 bridgehead atoms. The predicted molar refractivity (Wildman–Crippen MR) is 120 cm³/mol. The van der Waals surface area contributed by atoms with Crippen LogP contribution in [0.2, 0.25) is 0 Å². The van der Waals surface area contributed by atoms with Crippen LogP contribution >= 0.6 is 11.3 Å². The van der Waals surface area contributed by atoms with E-state index in [2.05, 4.69) is 4.98 Å². The molecule has 3 aromatic rings. The number of nitrogens with zero attached hydrogens (tertiary/aromatic N) is 3. The van der Waals surface area contributed by atoms with E-state index in [0.29, 0.717) is 67.0 Å². The zero-order chi connectivity index (χ0) is 22.5. The molecule has 0 radical (unpaired) electrons. The van der Waals surface area contributed by atoms with Crippen LogP contribution in [0.3, 0.4) is 0 Å². The molecule has 1 saturated carbocycles. The number of carbonyl (C=O) groups excluding carboxylic acids is 1. The number of aromatic nitrogens is 2. The molecule has 0 unspecified atom stereocenters. The molecule has 1 aromatic carbocycles. The van der Waals surface area contributed by atoms with Gasteiger partial charge in [-0.05, 0) is 48.9 Å². The maximum absolute atomic E-state index is 13.3. The van der Waals surface area contributed by atoms with Crippen molar-refractivity contribution in [2.24, 2.45) is 0 Å². The maximum Gasteiger partial charge on any atom is 0.262 e. The van der Waals surface area contributed by atoms with Crippen LogP contribution < -0.4 is 15.0 Å². The Bertz CT molecular complexity index is 1240. The van der Waals surface area contributed by atoms with Crippen LogP contribution in [-0.2, 0) is 30.7 Å². The van der Waals surface area contributed by atoms with E-state index in [4.69, 9.17) is 9.47 Å². The van der Waals surface area contributed by atoms with Gasteiger partial charge in [0.05, 0.1) is 32.5 Å². The maximum atomic E-state index is 13.3. The van der Waals surface area contributed by atoms with E-state index >= 15 is 0 Å². The summed E-state index contributed by atoms with van der Waals surface area (Å²) >= 11 is 1.47. The zero-order valence-electron chi connectivity index (χ0n) is 18.1. The number of benzene rings is 1. The minimum Gasteiger partial charge on any atom is -0.497 e. The van der Waals surface area contributed by atoms with Gasteiger partial charge < -0.3 is 19.5 Å². The van der Waals surface area contributed by atoms with E-state index in [0.717, 1.165) is 16.0 Å². The Hall–Kier alpha value is -2.91. The molecule has 2 aliphatic rings. The van der Waals surface area contributed by atoms with Crippen LogP contribution in [0.1, 0.15) is 28.8 Å². The summed E-state index contributed by atoms with van der Waals surface area (Å²) in [4.78, 5) is 33.7. The van der Waals surface area contributed by atoms with Crippen LogP contribution in [-0.4, -0.2) is 51.8 Å². The number of amides is 1. The number of rotatable bonds is 6. The van der Waals surface area contributed by atoms with Gasteiger partial charge in [0.2, 0.25) is 0 Å². The number of thiophene rings is 1. The average molecular weight is 456 g/mol. The minimum absolute atomic E-state index is 0.0528. The van der Waals surface area contributed by atoms with Crippen molar-refractivity contribution in [1.29, 1.82) is 0 Å². The van der Waals surface area contributed by atoms with Gasteiger partial charge in [-0.2, -0.15) is 0 Å². The van der Waals surface area contributed by atoms with Gasteiger partial charge >= 0.3 is 0 Å². The van der Waals surface area contributed by atoms with Gasteiger partial charge in [-0.1, -0.05) is 0 Å². The topological polar surface area (TPSA) is 93.9 Å². The lowest BCUT2D eigenvalue weighted by Crippen LogP contribution is -2.43. The Balaban J connectivity index is 1.39. The number of carbonyl (C=O) groups is 1. The van der Waals surface area contributed by atoms with Crippen molar-refractivity contribution in [3.05, 3.63) is 50.9 Å². The first-order valence-corrected chi connectivity index (χ1v) is 11.5. The lowest BCUT2D eigenvalue weighted by Gasteiger charge is -2.28. The van der Waals surface area contributed by atoms with Crippen molar-refractivity contribution in [3.63, 3.8) is 0 Å². The summed E-state index contributed by atoms with van der Waals surface area (Å²) in [5, 5.41) is 10.8. The molecule has 2 aromatic heterocycles. The first-order chi connectivity index (χ1) is 15.4. The standard InChI is InChI=1S/C23H25N3O5S/c1-30-15-9-14(10-16(11-15)31-2)3-7-26-13-24-20-19(21(26)27)17-4-8-25(12-18(17)32-20)22(28)23(29)5-6-23/h9-11,13,29H,3-8,12H2,1-2H3. The fraction of sp³-hybridized carbons (Fsp3) is 0.435. The van der Waals surface area contributed by atoms with E-state index in [1.165, 1.54) is 11.3 Å². The highest BCUT2D eigenvalue weighted by Gasteiger charge is 2.50. The van der Waals surface area contributed by atoms with E-state index in [9.17, 15) is 14.7 Å².